The Morgan fingerprint density at radius 1 is 1.15 bits per heavy atom. The maximum Gasteiger partial charge on any atom is 0.0614 e. The van der Waals surface area contributed by atoms with E-state index in [0.29, 0.717) is 12.1 Å². The van der Waals surface area contributed by atoms with E-state index in [0.717, 1.165) is 18.9 Å². The van der Waals surface area contributed by atoms with Gasteiger partial charge < -0.3 is 10.4 Å². The standard InChI is InChI=1S/C16H31N3O/c1-13(2)17-16(12-20)6-5-14(10-16)19-9-8-18-7-3-4-15(18)11-19/h13-15,17,20H,3-12H2,1-2H3. The molecule has 0 aromatic rings. The first-order valence-electron chi connectivity index (χ1n) is 8.48. The number of hydrogen-bond acceptors (Lipinski definition) is 4. The number of rotatable bonds is 4. The topological polar surface area (TPSA) is 38.7 Å². The van der Waals surface area contributed by atoms with Crippen LogP contribution in [0.15, 0.2) is 0 Å². The highest BCUT2D eigenvalue weighted by Crippen LogP contribution is 2.35. The van der Waals surface area contributed by atoms with E-state index in [1.54, 1.807) is 0 Å². The summed E-state index contributed by atoms with van der Waals surface area (Å²) in [6.45, 7) is 9.71. The predicted molar refractivity (Wildman–Crippen MR) is 81.9 cm³/mol. The smallest absolute Gasteiger partial charge is 0.0614 e. The first-order valence-corrected chi connectivity index (χ1v) is 8.48. The zero-order valence-corrected chi connectivity index (χ0v) is 13.1. The minimum absolute atomic E-state index is 0.0222. The fourth-order valence-electron chi connectivity index (χ4n) is 4.69. The highest BCUT2D eigenvalue weighted by Gasteiger charge is 2.43. The fraction of sp³-hybridized carbons (Fsp3) is 1.00. The molecule has 4 nitrogen and oxygen atoms in total. The third-order valence-electron chi connectivity index (χ3n) is 5.62. The van der Waals surface area contributed by atoms with Gasteiger partial charge in [0.15, 0.2) is 0 Å². The lowest BCUT2D eigenvalue weighted by atomic mass is 9.97. The Morgan fingerprint density at radius 3 is 2.70 bits per heavy atom. The van der Waals surface area contributed by atoms with Gasteiger partial charge in [0.1, 0.15) is 0 Å². The van der Waals surface area contributed by atoms with Gasteiger partial charge in [0, 0.05) is 43.3 Å². The maximum atomic E-state index is 9.84. The second-order valence-electron chi connectivity index (χ2n) is 7.46. The molecule has 3 fully saturated rings. The number of nitrogens with zero attached hydrogens (tertiary/aromatic N) is 2. The second-order valence-corrected chi connectivity index (χ2v) is 7.46. The minimum atomic E-state index is -0.0222. The van der Waals surface area contributed by atoms with Crippen molar-refractivity contribution in [3.05, 3.63) is 0 Å². The first kappa shape index (κ1) is 14.8. The molecule has 0 bridgehead atoms. The van der Waals surface area contributed by atoms with Crippen LogP contribution in [0.3, 0.4) is 0 Å². The molecule has 116 valence electrons. The summed E-state index contributed by atoms with van der Waals surface area (Å²) >= 11 is 0. The molecule has 0 amide bonds. The highest BCUT2D eigenvalue weighted by atomic mass is 16.3. The molecule has 0 radical (unpaired) electrons. The Morgan fingerprint density at radius 2 is 1.95 bits per heavy atom. The van der Waals surface area contributed by atoms with E-state index in [-0.39, 0.29) is 12.1 Å². The van der Waals surface area contributed by atoms with E-state index in [4.69, 9.17) is 0 Å². The van der Waals surface area contributed by atoms with E-state index in [1.807, 2.05) is 0 Å². The molecule has 2 aliphatic heterocycles. The Bertz CT molecular complexity index is 336. The summed E-state index contributed by atoms with van der Waals surface area (Å²) in [4.78, 5) is 5.39. The van der Waals surface area contributed by atoms with Crippen molar-refractivity contribution in [1.82, 2.24) is 15.1 Å². The van der Waals surface area contributed by atoms with Crippen LogP contribution in [-0.4, -0.2) is 71.4 Å². The largest absolute Gasteiger partial charge is 0.394 e. The molecule has 0 aromatic heterocycles. The van der Waals surface area contributed by atoms with Crippen molar-refractivity contribution >= 4 is 0 Å². The molecule has 1 saturated carbocycles. The van der Waals surface area contributed by atoms with Crippen LogP contribution >= 0.6 is 0 Å². The Kier molecular flexibility index (Phi) is 4.37. The van der Waals surface area contributed by atoms with Gasteiger partial charge in [0.05, 0.1) is 6.61 Å². The lowest BCUT2D eigenvalue weighted by molar-refractivity contribution is 0.0659. The molecule has 3 rings (SSSR count). The number of piperazine rings is 1. The van der Waals surface area contributed by atoms with Crippen molar-refractivity contribution in [2.24, 2.45) is 0 Å². The predicted octanol–water partition coefficient (Wildman–Crippen LogP) is 1.05. The summed E-state index contributed by atoms with van der Waals surface area (Å²) < 4.78 is 0. The molecule has 3 unspecified atom stereocenters. The van der Waals surface area contributed by atoms with Gasteiger partial charge in [0.2, 0.25) is 0 Å². The molecule has 2 saturated heterocycles. The van der Waals surface area contributed by atoms with Gasteiger partial charge in [-0.2, -0.15) is 0 Å². The van der Waals surface area contributed by atoms with Crippen molar-refractivity contribution < 1.29 is 5.11 Å². The van der Waals surface area contributed by atoms with Crippen molar-refractivity contribution in [2.75, 3.05) is 32.8 Å². The van der Waals surface area contributed by atoms with Crippen molar-refractivity contribution in [1.29, 1.82) is 0 Å². The molecular formula is C16H31N3O. The maximum absolute atomic E-state index is 9.84. The molecular weight excluding hydrogens is 250 g/mol. The molecule has 0 spiro atoms. The minimum Gasteiger partial charge on any atom is -0.394 e. The molecule has 1 aliphatic carbocycles. The Hall–Kier alpha value is -0.160. The highest BCUT2D eigenvalue weighted by molar-refractivity contribution is 5.01. The normalized spacial score (nSPS) is 39.6. The van der Waals surface area contributed by atoms with Gasteiger partial charge in [-0.3, -0.25) is 9.80 Å². The van der Waals surface area contributed by atoms with Crippen LogP contribution in [-0.2, 0) is 0 Å². The zero-order chi connectivity index (χ0) is 14.2. The van der Waals surface area contributed by atoms with Crippen LogP contribution in [0.5, 0.6) is 0 Å². The summed E-state index contributed by atoms with van der Waals surface area (Å²) in [7, 11) is 0. The SMILES string of the molecule is CC(C)NC1(CO)CCC(N2CCN3CCCC3C2)C1. The molecule has 4 heteroatoms. The molecule has 3 aliphatic rings. The number of aliphatic hydroxyl groups is 1. The van der Waals surface area contributed by atoms with Crippen molar-refractivity contribution in [3.8, 4) is 0 Å². The second kappa shape index (κ2) is 5.91. The van der Waals surface area contributed by atoms with Crippen LogP contribution in [0, 0.1) is 0 Å². The number of nitrogens with one attached hydrogen (secondary N) is 1. The molecule has 0 aromatic carbocycles. The average Bonchev–Trinajstić information content (AvgIpc) is 3.04. The Balaban J connectivity index is 1.59. The quantitative estimate of drug-likeness (QED) is 0.808. The van der Waals surface area contributed by atoms with Gasteiger partial charge in [0.25, 0.3) is 0 Å². The van der Waals surface area contributed by atoms with E-state index < -0.39 is 0 Å². The fourth-order valence-corrected chi connectivity index (χ4v) is 4.69. The number of hydrogen-bond donors (Lipinski definition) is 2. The molecule has 3 atom stereocenters. The number of aliphatic hydroxyl groups excluding tert-OH is 1. The van der Waals surface area contributed by atoms with Crippen LogP contribution in [0.1, 0.15) is 46.0 Å². The lowest BCUT2D eigenvalue weighted by Crippen LogP contribution is -2.55. The lowest BCUT2D eigenvalue weighted by Gasteiger charge is -2.41. The van der Waals surface area contributed by atoms with Crippen molar-refractivity contribution in [2.45, 2.75) is 69.6 Å². The first-order chi connectivity index (χ1) is 9.62. The van der Waals surface area contributed by atoms with Gasteiger partial charge in [-0.1, -0.05) is 13.8 Å². The van der Waals surface area contributed by atoms with Gasteiger partial charge in [-0.15, -0.1) is 0 Å². The van der Waals surface area contributed by atoms with Gasteiger partial charge >= 0.3 is 0 Å². The van der Waals surface area contributed by atoms with Crippen LogP contribution in [0.2, 0.25) is 0 Å². The summed E-state index contributed by atoms with van der Waals surface area (Å²) in [6, 6.07) is 1.94. The number of fused-ring (bicyclic) bond motifs is 1. The van der Waals surface area contributed by atoms with E-state index in [2.05, 4.69) is 29.0 Å². The summed E-state index contributed by atoms with van der Waals surface area (Å²) in [6.07, 6.45) is 6.26. The van der Waals surface area contributed by atoms with Gasteiger partial charge in [-0.25, -0.2) is 0 Å². The van der Waals surface area contributed by atoms with Crippen LogP contribution < -0.4 is 5.32 Å². The van der Waals surface area contributed by atoms with Crippen LogP contribution in [0.25, 0.3) is 0 Å². The third kappa shape index (κ3) is 2.89. The Labute approximate surface area is 123 Å². The molecule has 2 heterocycles. The summed E-state index contributed by atoms with van der Waals surface area (Å²) in [5.74, 6) is 0. The molecule has 2 N–H and O–H groups in total. The monoisotopic (exact) mass is 281 g/mol. The van der Waals surface area contributed by atoms with E-state index in [1.165, 1.54) is 45.4 Å². The van der Waals surface area contributed by atoms with E-state index in [9.17, 15) is 5.11 Å². The van der Waals surface area contributed by atoms with Gasteiger partial charge in [-0.05, 0) is 38.6 Å². The third-order valence-corrected chi connectivity index (χ3v) is 5.62. The van der Waals surface area contributed by atoms with Crippen molar-refractivity contribution in [3.63, 3.8) is 0 Å². The average molecular weight is 281 g/mol. The van der Waals surface area contributed by atoms with E-state index >= 15 is 0 Å². The van der Waals surface area contributed by atoms with Crippen LogP contribution in [0.4, 0.5) is 0 Å². The summed E-state index contributed by atoms with van der Waals surface area (Å²) in [5, 5.41) is 13.5. The summed E-state index contributed by atoms with van der Waals surface area (Å²) in [5.41, 5.74) is -0.0222. The zero-order valence-electron chi connectivity index (χ0n) is 13.1. The molecule has 20 heavy (non-hydrogen) atoms.